The van der Waals surface area contributed by atoms with Crippen LogP contribution in [0.5, 0.6) is 0 Å². The molecule has 0 bridgehead atoms. The SMILES string of the molecule is CCc1nsc(N2CCN(C(=NC)NCc3ccc(Cl)cc3)CC2)n1. The Hall–Kier alpha value is -1.86. The van der Waals surface area contributed by atoms with Gasteiger partial charge in [0.2, 0.25) is 5.13 Å². The first-order chi connectivity index (χ1) is 12.2. The molecule has 0 spiro atoms. The van der Waals surface area contributed by atoms with Gasteiger partial charge in [-0.1, -0.05) is 30.7 Å². The van der Waals surface area contributed by atoms with Crippen LogP contribution in [0.15, 0.2) is 29.3 Å². The highest BCUT2D eigenvalue weighted by molar-refractivity contribution is 7.09. The maximum Gasteiger partial charge on any atom is 0.205 e. The molecule has 2 aromatic rings. The third-order valence-corrected chi connectivity index (χ3v) is 5.27. The molecule has 2 heterocycles. The summed E-state index contributed by atoms with van der Waals surface area (Å²) in [5.41, 5.74) is 1.19. The highest BCUT2D eigenvalue weighted by atomic mass is 35.5. The molecule has 6 nitrogen and oxygen atoms in total. The number of piperazine rings is 1. The summed E-state index contributed by atoms with van der Waals surface area (Å²) in [4.78, 5) is 13.6. The predicted molar refractivity (Wildman–Crippen MR) is 105 cm³/mol. The second-order valence-corrected chi connectivity index (χ2v) is 7.01. The van der Waals surface area contributed by atoms with E-state index in [1.165, 1.54) is 17.1 Å². The van der Waals surface area contributed by atoms with E-state index in [1.54, 1.807) is 0 Å². The first kappa shape index (κ1) is 17.9. The Morgan fingerprint density at radius 3 is 2.56 bits per heavy atom. The third kappa shape index (κ3) is 4.61. The van der Waals surface area contributed by atoms with E-state index in [1.807, 2.05) is 31.3 Å². The van der Waals surface area contributed by atoms with E-state index in [4.69, 9.17) is 11.6 Å². The van der Waals surface area contributed by atoms with Crippen LogP contribution in [0.2, 0.25) is 5.02 Å². The van der Waals surface area contributed by atoms with Crippen molar-refractivity contribution in [3.05, 3.63) is 40.7 Å². The lowest BCUT2D eigenvalue weighted by Crippen LogP contribution is -2.52. The molecule has 1 fully saturated rings. The summed E-state index contributed by atoms with van der Waals surface area (Å²) in [5, 5.41) is 5.22. The molecule has 1 saturated heterocycles. The van der Waals surface area contributed by atoms with Gasteiger partial charge in [0.1, 0.15) is 5.82 Å². The summed E-state index contributed by atoms with van der Waals surface area (Å²) in [7, 11) is 1.83. The summed E-state index contributed by atoms with van der Waals surface area (Å²) < 4.78 is 4.38. The van der Waals surface area contributed by atoms with E-state index < -0.39 is 0 Å². The number of aryl methyl sites for hydroxylation is 1. The smallest absolute Gasteiger partial charge is 0.205 e. The maximum absolute atomic E-state index is 5.93. The van der Waals surface area contributed by atoms with Crippen molar-refractivity contribution in [2.24, 2.45) is 4.99 Å². The van der Waals surface area contributed by atoms with Gasteiger partial charge in [0, 0.05) is 62.7 Å². The predicted octanol–water partition coefficient (Wildman–Crippen LogP) is 2.65. The molecular formula is C17H23ClN6S. The zero-order valence-electron chi connectivity index (χ0n) is 14.6. The van der Waals surface area contributed by atoms with Crippen LogP contribution in [-0.4, -0.2) is 53.4 Å². The Labute approximate surface area is 157 Å². The Kier molecular flexibility index (Phi) is 6.09. The lowest BCUT2D eigenvalue weighted by Gasteiger charge is -2.36. The standard InChI is InChI=1S/C17H23ClN6S/c1-3-15-21-17(25-22-15)24-10-8-23(9-11-24)16(19-2)20-12-13-4-6-14(18)7-5-13/h4-7H,3,8-12H2,1-2H3,(H,19,20). The molecule has 0 aliphatic carbocycles. The molecule has 134 valence electrons. The van der Waals surface area contributed by atoms with Crippen LogP contribution in [-0.2, 0) is 13.0 Å². The van der Waals surface area contributed by atoms with Crippen molar-refractivity contribution < 1.29 is 0 Å². The number of aliphatic imine (C=N–C) groups is 1. The Balaban J connectivity index is 1.52. The summed E-state index contributed by atoms with van der Waals surface area (Å²) in [6.07, 6.45) is 0.887. The molecule has 1 aromatic carbocycles. The number of nitrogens with one attached hydrogen (secondary N) is 1. The van der Waals surface area contributed by atoms with Crippen LogP contribution >= 0.6 is 23.1 Å². The molecular weight excluding hydrogens is 356 g/mol. The molecule has 0 radical (unpaired) electrons. The minimum Gasteiger partial charge on any atom is -0.352 e. The van der Waals surface area contributed by atoms with Crippen LogP contribution in [0.1, 0.15) is 18.3 Å². The number of benzene rings is 1. The quantitative estimate of drug-likeness (QED) is 0.654. The van der Waals surface area contributed by atoms with Gasteiger partial charge in [-0.15, -0.1) is 0 Å². The van der Waals surface area contributed by atoms with E-state index in [-0.39, 0.29) is 0 Å². The number of halogens is 1. The minimum atomic E-state index is 0.736. The van der Waals surface area contributed by atoms with Crippen molar-refractivity contribution in [1.29, 1.82) is 0 Å². The fraction of sp³-hybridized carbons (Fsp3) is 0.471. The highest BCUT2D eigenvalue weighted by Gasteiger charge is 2.21. The highest BCUT2D eigenvalue weighted by Crippen LogP contribution is 2.19. The average Bonchev–Trinajstić information content (AvgIpc) is 3.13. The van der Waals surface area contributed by atoms with Crippen molar-refractivity contribution in [2.75, 3.05) is 38.1 Å². The van der Waals surface area contributed by atoms with Crippen molar-refractivity contribution in [2.45, 2.75) is 19.9 Å². The molecule has 25 heavy (non-hydrogen) atoms. The molecule has 3 rings (SSSR count). The number of rotatable bonds is 4. The van der Waals surface area contributed by atoms with Gasteiger partial charge in [0.25, 0.3) is 0 Å². The monoisotopic (exact) mass is 378 g/mol. The van der Waals surface area contributed by atoms with Gasteiger partial charge in [0.15, 0.2) is 5.96 Å². The topological polar surface area (TPSA) is 56.7 Å². The summed E-state index contributed by atoms with van der Waals surface area (Å²) in [5.74, 6) is 1.86. The molecule has 1 aliphatic heterocycles. The van der Waals surface area contributed by atoms with E-state index in [0.717, 1.165) is 61.1 Å². The fourth-order valence-electron chi connectivity index (χ4n) is 2.74. The lowest BCUT2D eigenvalue weighted by atomic mass is 10.2. The molecule has 0 saturated carbocycles. The van der Waals surface area contributed by atoms with Gasteiger partial charge in [0.05, 0.1) is 0 Å². The van der Waals surface area contributed by atoms with Crippen molar-refractivity contribution >= 4 is 34.2 Å². The number of aromatic nitrogens is 2. The van der Waals surface area contributed by atoms with Crippen molar-refractivity contribution in [1.82, 2.24) is 19.6 Å². The first-order valence-corrected chi connectivity index (χ1v) is 9.62. The largest absolute Gasteiger partial charge is 0.352 e. The van der Waals surface area contributed by atoms with Gasteiger partial charge < -0.3 is 15.1 Å². The number of hydrogen-bond donors (Lipinski definition) is 1. The van der Waals surface area contributed by atoms with Crippen LogP contribution < -0.4 is 10.2 Å². The summed E-state index contributed by atoms with van der Waals surface area (Å²) in [6.45, 7) is 6.52. The molecule has 0 atom stereocenters. The lowest BCUT2D eigenvalue weighted by molar-refractivity contribution is 0.372. The van der Waals surface area contributed by atoms with Crippen LogP contribution in [0, 0.1) is 0 Å². The normalized spacial score (nSPS) is 15.6. The van der Waals surface area contributed by atoms with Gasteiger partial charge >= 0.3 is 0 Å². The molecule has 1 N–H and O–H groups in total. The van der Waals surface area contributed by atoms with Crippen molar-refractivity contribution in [3.63, 3.8) is 0 Å². The van der Waals surface area contributed by atoms with Crippen molar-refractivity contribution in [3.8, 4) is 0 Å². The fourth-order valence-corrected chi connectivity index (χ4v) is 3.67. The minimum absolute atomic E-state index is 0.736. The molecule has 8 heteroatoms. The third-order valence-electron chi connectivity index (χ3n) is 4.20. The van der Waals surface area contributed by atoms with Gasteiger partial charge in [-0.3, -0.25) is 4.99 Å². The number of nitrogens with zero attached hydrogens (tertiary/aromatic N) is 5. The average molecular weight is 379 g/mol. The van der Waals surface area contributed by atoms with E-state index in [0.29, 0.717) is 0 Å². The zero-order valence-corrected chi connectivity index (χ0v) is 16.1. The Bertz CT molecular complexity index is 706. The molecule has 0 unspecified atom stereocenters. The Morgan fingerprint density at radius 2 is 1.96 bits per heavy atom. The zero-order chi connectivity index (χ0) is 17.6. The van der Waals surface area contributed by atoms with E-state index in [2.05, 4.69) is 36.4 Å². The van der Waals surface area contributed by atoms with Crippen LogP contribution in [0.4, 0.5) is 5.13 Å². The second-order valence-electron chi connectivity index (χ2n) is 5.85. The number of hydrogen-bond acceptors (Lipinski definition) is 5. The number of anilines is 1. The van der Waals surface area contributed by atoms with Crippen LogP contribution in [0.3, 0.4) is 0 Å². The molecule has 1 aliphatic rings. The van der Waals surface area contributed by atoms with Gasteiger partial charge in [-0.25, -0.2) is 4.98 Å². The Morgan fingerprint density at radius 1 is 1.24 bits per heavy atom. The number of guanidine groups is 1. The first-order valence-electron chi connectivity index (χ1n) is 8.47. The maximum atomic E-state index is 5.93. The van der Waals surface area contributed by atoms with Crippen LogP contribution in [0.25, 0.3) is 0 Å². The summed E-state index contributed by atoms with van der Waals surface area (Å²) >= 11 is 7.43. The van der Waals surface area contributed by atoms with Gasteiger partial charge in [-0.2, -0.15) is 4.37 Å². The molecule has 1 aromatic heterocycles. The summed E-state index contributed by atoms with van der Waals surface area (Å²) in [6, 6.07) is 7.88. The van der Waals surface area contributed by atoms with Gasteiger partial charge in [-0.05, 0) is 17.7 Å². The van der Waals surface area contributed by atoms with E-state index >= 15 is 0 Å². The molecule has 0 amide bonds. The van der Waals surface area contributed by atoms with E-state index in [9.17, 15) is 0 Å². The second kappa shape index (κ2) is 8.49.